The quantitative estimate of drug-likeness (QED) is 0.884. The maximum Gasteiger partial charge on any atom is 0.255 e. The number of carbonyl (C=O) groups is 2. The molecule has 5 rings (SSSR count). The molecule has 2 aliphatic carbocycles. The van der Waals surface area contributed by atoms with Gasteiger partial charge in [-0.15, -0.1) is 0 Å². The number of hydrogen-bond acceptors (Lipinski definition) is 3. The number of nitrogens with zero attached hydrogens (tertiary/aromatic N) is 2. The van der Waals surface area contributed by atoms with Gasteiger partial charge in [-0.3, -0.25) is 9.59 Å². The summed E-state index contributed by atoms with van der Waals surface area (Å²) in [6.07, 6.45) is 9.35. The summed E-state index contributed by atoms with van der Waals surface area (Å²) in [5.74, 6) is 0.462. The molecule has 5 nitrogen and oxygen atoms in total. The van der Waals surface area contributed by atoms with Gasteiger partial charge in [0.1, 0.15) is 0 Å². The number of carbonyl (C=O) groups excluding carboxylic acids is 2. The van der Waals surface area contributed by atoms with Crippen molar-refractivity contribution in [3.63, 3.8) is 0 Å². The van der Waals surface area contributed by atoms with Gasteiger partial charge in [-0.2, -0.15) is 0 Å². The second kappa shape index (κ2) is 6.54. The number of rotatable bonds is 4. The van der Waals surface area contributed by atoms with Gasteiger partial charge in [-0.25, -0.2) is 0 Å². The van der Waals surface area contributed by atoms with Crippen molar-refractivity contribution in [1.29, 1.82) is 0 Å². The van der Waals surface area contributed by atoms with Crippen LogP contribution in [0.15, 0.2) is 18.2 Å². The molecule has 2 heterocycles. The SMILES string of the molecule is O=C(Nc1ccc(C(=O)N2CCC3(CC2)CC3)c(N2CCCC2)c1)C1CC1. The third kappa shape index (κ3) is 3.44. The second-order valence-corrected chi connectivity index (χ2v) is 8.98. The Bertz CT molecular complexity index is 751. The van der Waals surface area contributed by atoms with Crippen LogP contribution in [0.1, 0.15) is 61.7 Å². The number of benzene rings is 1. The molecule has 5 heteroatoms. The zero-order chi connectivity index (χ0) is 18.4. The van der Waals surface area contributed by atoms with E-state index in [2.05, 4.69) is 10.2 Å². The summed E-state index contributed by atoms with van der Waals surface area (Å²) in [5, 5.41) is 3.04. The van der Waals surface area contributed by atoms with E-state index in [9.17, 15) is 9.59 Å². The van der Waals surface area contributed by atoms with E-state index in [1.165, 1.54) is 25.7 Å². The maximum absolute atomic E-state index is 13.3. The van der Waals surface area contributed by atoms with Crippen molar-refractivity contribution in [3.05, 3.63) is 23.8 Å². The average Bonchev–Trinajstić information content (AvgIpc) is 3.61. The molecule has 4 aliphatic rings. The van der Waals surface area contributed by atoms with Crippen LogP contribution in [0.4, 0.5) is 11.4 Å². The van der Waals surface area contributed by atoms with Crippen LogP contribution in [0.3, 0.4) is 0 Å². The van der Waals surface area contributed by atoms with E-state index in [1.54, 1.807) is 0 Å². The lowest BCUT2D eigenvalue weighted by molar-refractivity contribution is -0.117. The minimum atomic E-state index is 0.118. The summed E-state index contributed by atoms with van der Waals surface area (Å²) in [5.41, 5.74) is 3.19. The van der Waals surface area contributed by atoms with Gasteiger partial charge in [0, 0.05) is 37.8 Å². The van der Waals surface area contributed by atoms with Gasteiger partial charge in [0.05, 0.1) is 11.3 Å². The predicted molar refractivity (Wildman–Crippen MR) is 106 cm³/mol. The van der Waals surface area contributed by atoms with E-state index < -0.39 is 0 Å². The fourth-order valence-corrected chi connectivity index (χ4v) is 4.63. The van der Waals surface area contributed by atoms with Crippen LogP contribution in [-0.2, 0) is 4.79 Å². The lowest BCUT2D eigenvalue weighted by Crippen LogP contribution is -2.39. The first kappa shape index (κ1) is 17.1. The summed E-state index contributed by atoms with van der Waals surface area (Å²) >= 11 is 0. The molecular weight excluding hydrogens is 338 g/mol. The molecule has 1 aromatic rings. The molecule has 1 N–H and O–H groups in total. The molecule has 1 spiro atoms. The summed E-state index contributed by atoms with van der Waals surface area (Å²) in [6.45, 7) is 3.75. The molecule has 0 bridgehead atoms. The van der Waals surface area contributed by atoms with Gasteiger partial charge in [0.25, 0.3) is 5.91 Å². The minimum Gasteiger partial charge on any atom is -0.371 e. The summed E-state index contributed by atoms with van der Waals surface area (Å²) in [7, 11) is 0. The first-order chi connectivity index (χ1) is 13.1. The molecule has 144 valence electrons. The van der Waals surface area contributed by atoms with Gasteiger partial charge in [-0.05, 0) is 75.0 Å². The van der Waals surface area contributed by atoms with Gasteiger partial charge < -0.3 is 15.1 Å². The van der Waals surface area contributed by atoms with Crippen molar-refractivity contribution >= 4 is 23.2 Å². The Kier molecular flexibility index (Phi) is 4.14. The van der Waals surface area contributed by atoms with Crippen molar-refractivity contribution in [2.24, 2.45) is 11.3 Å². The number of amides is 2. The van der Waals surface area contributed by atoms with Gasteiger partial charge in [0.2, 0.25) is 5.91 Å². The lowest BCUT2D eigenvalue weighted by atomic mass is 9.93. The minimum absolute atomic E-state index is 0.118. The van der Waals surface area contributed by atoms with E-state index >= 15 is 0 Å². The van der Waals surface area contributed by atoms with Crippen LogP contribution in [0.5, 0.6) is 0 Å². The Balaban J connectivity index is 1.38. The predicted octanol–water partition coefficient (Wildman–Crippen LogP) is 3.65. The van der Waals surface area contributed by atoms with Crippen LogP contribution in [-0.4, -0.2) is 42.9 Å². The molecule has 1 aromatic carbocycles. The average molecular weight is 367 g/mol. The molecular formula is C22H29N3O2. The topological polar surface area (TPSA) is 52.7 Å². The molecule has 27 heavy (non-hydrogen) atoms. The van der Waals surface area contributed by atoms with Crippen LogP contribution < -0.4 is 10.2 Å². The molecule has 2 aliphatic heterocycles. The number of nitrogens with one attached hydrogen (secondary N) is 1. The van der Waals surface area contributed by atoms with Crippen molar-refractivity contribution in [2.45, 2.75) is 51.4 Å². The fraction of sp³-hybridized carbons (Fsp3) is 0.636. The fourth-order valence-electron chi connectivity index (χ4n) is 4.63. The number of piperidine rings is 1. The first-order valence-corrected chi connectivity index (χ1v) is 10.6. The maximum atomic E-state index is 13.3. The van der Waals surface area contributed by atoms with Crippen molar-refractivity contribution in [1.82, 2.24) is 4.90 Å². The summed E-state index contributed by atoms with van der Waals surface area (Å²) in [6, 6.07) is 5.85. The highest BCUT2D eigenvalue weighted by molar-refractivity contribution is 6.02. The number of anilines is 2. The van der Waals surface area contributed by atoms with Crippen molar-refractivity contribution in [3.8, 4) is 0 Å². The zero-order valence-electron chi connectivity index (χ0n) is 16.0. The van der Waals surface area contributed by atoms with Gasteiger partial charge >= 0.3 is 0 Å². The Morgan fingerprint density at radius 1 is 0.963 bits per heavy atom. The Morgan fingerprint density at radius 2 is 1.67 bits per heavy atom. The molecule has 0 radical (unpaired) electrons. The zero-order valence-corrected chi connectivity index (χ0v) is 16.0. The van der Waals surface area contributed by atoms with Crippen LogP contribution in [0, 0.1) is 11.3 Å². The molecule has 2 saturated heterocycles. The highest BCUT2D eigenvalue weighted by Gasteiger charge is 2.45. The monoisotopic (exact) mass is 367 g/mol. The van der Waals surface area contributed by atoms with Crippen LogP contribution in [0.25, 0.3) is 0 Å². The Hall–Kier alpha value is -2.04. The van der Waals surface area contributed by atoms with Crippen molar-refractivity contribution < 1.29 is 9.59 Å². The third-order valence-corrected chi connectivity index (χ3v) is 6.96. The largest absolute Gasteiger partial charge is 0.371 e. The van der Waals surface area contributed by atoms with Crippen LogP contribution in [0.2, 0.25) is 0 Å². The van der Waals surface area contributed by atoms with E-state index in [0.29, 0.717) is 5.41 Å². The third-order valence-electron chi connectivity index (χ3n) is 6.96. The van der Waals surface area contributed by atoms with E-state index in [0.717, 1.165) is 68.8 Å². The highest BCUT2D eigenvalue weighted by atomic mass is 16.2. The Labute approximate surface area is 161 Å². The van der Waals surface area contributed by atoms with Gasteiger partial charge in [-0.1, -0.05) is 0 Å². The van der Waals surface area contributed by atoms with Crippen LogP contribution >= 0.6 is 0 Å². The van der Waals surface area contributed by atoms with Gasteiger partial charge in [0.15, 0.2) is 0 Å². The number of hydrogen-bond donors (Lipinski definition) is 1. The molecule has 2 amide bonds. The molecule has 0 aromatic heterocycles. The van der Waals surface area contributed by atoms with E-state index in [-0.39, 0.29) is 17.7 Å². The molecule has 0 unspecified atom stereocenters. The lowest BCUT2D eigenvalue weighted by Gasteiger charge is -2.33. The molecule has 4 fully saturated rings. The summed E-state index contributed by atoms with van der Waals surface area (Å²) in [4.78, 5) is 29.8. The molecule has 2 saturated carbocycles. The second-order valence-electron chi connectivity index (χ2n) is 8.98. The normalized spacial score (nSPS) is 23.6. The standard InChI is InChI=1S/C22H29N3O2/c26-20(16-3-4-16)23-17-5-6-18(19(15-17)24-11-1-2-12-24)21(27)25-13-9-22(7-8-22)10-14-25/h5-6,15-16H,1-4,7-14H2,(H,23,26). The molecule has 0 atom stereocenters. The highest BCUT2D eigenvalue weighted by Crippen LogP contribution is 2.53. The summed E-state index contributed by atoms with van der Waals surface area (Å²) < 4.78 is 0. The first-order valence-electron chi connectivity index (χ1n) is 10.6. The number of likely N-dealkylation sites (tertiary alicyclic amines) is 1. The van der Waals surface area contributed by atoms with Crippen molar-refractivity contribution in [2.75, 3.05) is 36.4 Å². The van der Waals surface area contributed by atoms with E-state index in [4.69, 9.17) is 0 Å². The smallest absolute Gasteiger partial charge is 0.255 e. The van der Waals surface area contributed by atoms with E-state index in [1.807, 2.05) is 23.1 Å². The Morgan fingerprint density at radius 3 is 2.30 bits per heavy atom.